The van der Waals surface area contributed by atoms with Crippen LogP contribution in [0.3, 0.4) is 0 Å². The molecule has 21 heavy (non-hydrogen) atoms. The first-order valence-corrected chi connectivity index (χ1v) is 7.31. The monoisotopic (exact) mass is 284 g/mol. The van der Waals surface area contributed by atoms with Crippen LogP contribution in [0.25, 0.3) is 0 Å². The van der Waals surface area contributed by atoms with Gasteiger partial charge in [-0.15, -0.1) is 0 Å². The average molecular weight is 284 g/mol. The molecule has 1 aromatic carbocycles. The van der Waals surface area contributed by atoms with E-state index in [9.17, 15) is 0 Å². The average Bonchev–Trinajstić information content (AvgIpc) is 2.38. The maximum absolute atomic E-state index is 4.25. The van der Waals surface area contributed by atoms with E-state index in [4.69, 9.17) is 0 Å². The molecular weight excluding hydrogens is 260 g/mol. The molecule has 0 amide bonds. The molecule has 2 aromatic rings. The van der Waals surface area contributed by atoms with Gasteiger partial charge in [0.05, 0.1) is 0 Å². The van der Waals surface area contributed by atoms with Gasteiger partial charge in [-0.2, -0.15) is 0 Å². The highest BCUT2D eigenvalue weighted by molar-refractivity contribution is 5.59. The molecule has 0 spiro atoms. The van der Waals surface area contributed by atoms with Gasteiger partial charge in [0.15, 0.2) is 0 Å². The Bertz CT molecular complexity index is 582. The number of hydrogen-bond donors (Lipinski definition) is 2. The first-order chi connectivity index (χ1) is 9.84. The van der Waals surface area contributed by atoms with Crippen LogP contribution in [0.15, 0.2) is 36.7 Å². The molecule has 0 saturated heterocycles. The van der Waals surface area contributed by atoms with E-state index in [1.807, 2.05) is 6.07 Å². The Kier molecular flexibility index (Phi) is 4.46. The van der Waals surface area contributed by atoms with Crippen molar-refractivity contribution < 1.29 is 0 Å². The number of hydrogen-bond acceptors (Lipinski definition) is 4. The van der Waals surface area contributed by atoms with E-state index < -0.39 is 0 Å². The predicted octanol–water partition coefficient (Wildman–Crippen LogP) is 4.34. The van der Waals surface area contributed by atoms with E-state index in [-0.39, 0.29) is 5.41 Å². The molecule has 0 fully saturated rings. The highest BCUT2D eigenvalue weighted by atomic mass is 15.1. The van der Waals surface area contributed by atoms with Crippen molar-refractivity contribution in [3.63, 3.8) is 0 Å². The van der Waals surface area contributed by atoms with E-state index in [2.05, 4.69) is 79.5 Å². The Balaban J connectivity index is 2.11. The van der Waals surface area contributed by atoms with Gasteiger partial charge in [0.25, 0.3) is 0 Å². The lowest BCUT2D eigenvalue weighted by Crippen LogP contribution is -2.11. The maximum Gasteiger partial charge on any atom is 0.135 e. The largest absolute Gasteiger partial charge is 0.368 e. The number of aromatic nitrogens is 2. The lowest BCUT2D eigenvalue weighted by Gasteiger charge is -2.19. The molecule has 2 rings (SSSR count). The highest BCUT2D eigenvalue weighted by Crippen LogP contribution is 2.24. The summed E-state index contributed by atoms with van der Waals surface area (Å²) in [7, 11) is 0. The molecule has 0 aliphatic rings. The molecular formula is C17H24N4. The van der Waals surface area contributed by atoms with Gasteiger partial charge in [0.1, 0.15) is 18.0 Å². The van der Waals surface area contributed by atoms with E-state index in [0.29, 0.717) is 6.04 Å². The Morgan fingerprint density at radius 3 is 2.14 bits per heavy atom. The zero-order valence-corrected chi connectivity index (χ0v) is 13.4. The van der Waals surface area contributed by atoms with Gasteiger partial charge in [-0.25, -0.2) is 9.97 Å². The fourth-order valence-corrected chi connectivity index (χ4v) is 2.00. The number of nitrogens with one attached hydrogen (secondary N) is 2. The summed E-state index contributed by atoms with van der Waals surface area (Å²) in [4.78, 5) is 8.46. The number of nitrogens with zero attached hydrogens (tertiary/aromatic N) is 2. The molecule has 1 aromatic heterocycles. The molecule has 0 atom stereocenters. The second-order valence-corrected chi connectivity index (χ2v) is 6.54. The van der Waals surface area contributed by atoms with Crippen LogP contribution in [0, 0.1) is 0 Å². The summed E-state index contributed by atoms with van der Waals surface area (Å²) in [5.74, 6) is 1.62. The van der Waals surface area contributed by atoms with E-state index in [1.165, 1.54) is 5.56 Å². The zero-order valence-electron chi connectivity index (χ0n) is 13.4. The molecule has 0 saturated carbocycles. The molecule has 4 nitrogen and oxygen atoms in total. The van der Waals surface area contributed by atoms with Crippen molar-refractivity contribution in [3.8, 4) is 0 Å². The number of benzene rings is 1. The summed E-state index contributed by atoms with van der Waals surface area (Å²) < 4.78 is 0. The Morgan fingerprint density at radius 2 is 1.57 bits per heavy atom. The van der Waals surface area contributed by atoms with Crippen LogP contribution in [0.4, 0.5) is 17.3 Å². The summed E-state index contributed by atoms with van der Waals surface area (Å²) in [6.07, 6.45) is 1.57. The number of rotatable bonds is 4. The lowest BCUT2D eigenvalue weighted by molar-refractivity contribution is 0.590. The van der Waals surface area contributed by atoms with Gasteiger partial charge in [-0.1, -0.05) is 32.9 Å². The van der Waals surface area contributed by atoms with Crippen LogP contribution in [-0.4, -0.2) is 16.0 Å². The third-order valence-electron chi connectivity index (χ3n) is 3.13. The SMILES string of the molecule is CC(C)Nc1cc(Nc2ccc(C(C)(C)C)cc2)ncn1. The smallest absolute Gasteiger partial charge is 0.135 e. The van der Waals surface area contributed by atoms with Crippen molar-refractivity contribution in [2.45, 2.75) is 46.1 Å². The van der Waals surface area contributed by atoms with Crippen LogP contribution in [0.2, 0.25) is 0 Å². The number of anilines is 3. The molecule has 1 heterocycles. The predicted molar refractivity (Wildman–Crippen MR) is 89.2 cm³/mol. The van der Waals surface area contributed by atoms with Crippen molar-refractivity contribution in [1.82, 2.24) is 9.97 Å². The topological polar surface area (TPSA) is 49.8 Å². The summed E-state index contributed by atoms with van der Waals surface area (Å²) >= 11 is 0. The first kappa shape index (κ1) is 15.3. The van der Waals surface area contributed by atoms with E-state index >= 15 is 0 Å². The van der Waals surface area contributed by atoms with Crippen LogP contribution >= 0.6 is 0 Å². The fourth-order valence-electron chi connectivity index (χ4n) is 2.00. The first-order valence-electron chi connectivity index (χ1n) is 7.31. The molecule has 4 heteroatoms. The Morgan fingerprint density at radius 1 is 0.952 bits per heavy atom. The lowest BCUT2D eigenvalue weighted by atomic mass is 9.87. The van der Waals surface area contributed by atoms with Crippen LogP contribution in [0.1, 0.15) is 40.2 Å². The van der Waals surface area contributed by atoms with E-state index in [0.717, 1.165) is 17.3 Å². The van der Waals surface area contributed by atoms with Crippen molar-refractivity contribution in [3.05, 3.63) is 42.2 Å². The van der Waals surface area contributed by atoms with Crippen molar-refractivity contribution >= 4 is 17.3 Å². The second kappa shape index (κ2) is 6.12. The molecule has 0 unspecified atom stereocenters. The third-order valence-corrected chi connectivity index (χ3v) is 3.13. The maximum atomic E-state index is 4.25. The molecule has 0 aliphatic heterocycles. The molecule has 112 valence electrons. The normalized spacial score (nSPS) is 11.5. The molecule has 2 N–H and O–H groups in total. The van der Waals surface area contributed by atoms with Gasteiger partial charge in [-0.05, 0) is 37.0 Å². The minimum absolute atomic E-state index is 0.168. The van der Waals surface area contributed by atoms with Gasteiger partial charge < -0.3 is 10.6 Å². The molecule has 0 aliphatic carbocycles. The van der Waals surface area contributed by atoms with Gasteiger partial charge in [0, 0.05) is 17.8 Å². The standard InChI is InChI=1S/C17H24N4/c1-12(2)20-15-10-16(19-11-18-15)21-14-8-6-13(7-9-14)17(3,4)5/h6-12H,1-5H3,(H2,18,19,20,21). The quantitative estimate of drug-likeness (QED) is 0.877. The van der Waals surface area contributed by atoms with Crippen molar-refractivity contribution in [1.29, 1.82) is 0 Å². The fraction of sp³-hybridized carbons (Fsp3) is 0.412. The van der Waals surface area contributed by atoms with Gasteiger partial charge in [-0.3, -0.25) is 0 Å². The summed E-state index contributed by atoms with van der Waals surface area (Å²) in [6, 6.07) is 10.7. The summed E-state index contributed by atoms with van der Waals surface area (Å²) in [6.45, 7) is 10.8. The summed E-state index contributed by atoms with van der Waals surface area (Å²) in [5, 5.41) is 6.57. The minimum Gasteiger partial charge on any atom is -0.368 e. The summed E-state index contributed by atoms with van der Waals surface area (Å²) in [5.41, 5.74) is 2.51. The Hall–Kier alpha value is -2.10. The zero-order chi connectivity index (χ0) is 15.5. The second-order valence-electron chi connectivity index (χ2n) is 6.54. The van der Waals surface area contributed by atoms with Crippen LogP contribution in [-0.2, 0) is 5.41 Å². The third kappa shape index (κ3) is 4.45. The highest BCUT2D eigenvalue weighted by Gasteiger charge is 2.12. The Labute approximate surface area is 127 Å². The van der Waals surface area contributed by atoms with Gasteiger partial charge >= 0.3 is 0 Å². The van der Waals surface area contributed by atoms with Gasteiger partial charge in [0.2, 0.25) is 0 Å². The van der Waals surface area contributed by atoms with E-state index in [1.54, 1.807) is 6.33 Å². The van der Waals surface area contributed by atoms with Crippen molar-refractivity contribution in [2.75, 3.05) is 10.6 Å². The molecule has 0 bridgehead atoms. The van der Waals surface area contributed by atoms with Crippen LogP contribution < -0.4 is 10.6 Å². The molecule has 0 radical (unpaired) electrons. The van der Waals surface area contributed by atoms with Crippen LogP contribution in [0.5, 0.6) is 0 Å². The van der Waals surface area contributed by atoms with Crippen molar-refractivity contribution in [2.24, 2.45) is 0 Å². The minimum atomic E-state index is 0.168.